The minimum Gasteiger partial charge on any atom is -0.495 e. The molecule has 0 atom stereocenters. The second kappa shape index (κ2) is 11.5. The van der Waals surface area contributed by atoms with Gasteiger partial charge in [0, 0.05) is 30.3 Å². The molecular formula is C27H31N3O4. The van der Waals surface area contributed by atoms with Crippen LogP contribution < -0.4 is 15.4 Å². The van der Waals surface area contributed by atoms with Crippen LogP contribution in [0.2, 0.25) is 0 Å². The molecule has 1 aliphatic carbocycles. The number of carbonyl (C=O) groups excluding carboxylic acids is 2. The molecule has 7 heteroatoms. The Labute approximate surface area is 200 Å². The first-order chi connectivity index (χ1) is 16.6. The number of carbonyl (C=O) groups is 2. The highest BCUT2D eigenvalue weighted by Crippen LogP contribution is 2.26. The Kier molecular flexibility index (Phi) is 7.99. The normalized spacial score (nSPS) is 13.7. The molecule has 0 radical (unpaired) electrons. The molecule has 2 aromatic carbocycles. The lowest BCUT2D eigenvalue weighted by atomic mass is 10.1. The van der Waals surface area contributed by atoms with Crippen molar-refractivity contribution < 1.29 is 18.7 Å². The maximum Gasteiger partial charge on any atom is 0.255 e. The third kappa shape index (κ3) is 6.26. The molecule has 3 aromatic rings. The fourth-order valence-electron chi connectivity index (χ4n) is 4.38. The smallest absolute Gasteiger partial charge is 0.255 e. The Morgan fingerprint density at radius 3 is 2.47 bits per heavy atom. The van der Waals surface area contributed by atoms with Gasteiger partial charge in [-0.25, -0.2) is 0 Å². The van der Waals surface area contributed by atoms with Crippen LogP contribution in [-0.4, -0.2) is 36.4 Å². The van der Waals surface area contributed by atoms with Crippen LogP contribution in [-0.2, 0) is 11.3 Å². The Morgan fingerprint density at radius 1 is 1.00 bits per heavy atom. The number of amides is 2. The van der Waals surface area contributed by atoms with E-state index in [1.54, 1.807) is 49.8 Å². The summed E-state index contributed by atoms with van der Waals surface area (Å²) in [4.78, 5) is 27.6. The number of rotatable bonds is 10. The highest BCUT2D eigenvalue weighted by Gasteiger charge is 2.24. The van der Waals surface area contributed by atoms with Crippen molar-refractivity contribution in [1.29, 1.82) is 0 Å². The number of furan rings is 1. The lowest BCUT2D eigenvalue weighted by molar-refractivity contribution is -0.116. The number of hydrogen-bond donors (Lipinski definition) is 2. The molecule has 178 valence electrons. The van der Waals surface area contributed by atoms with Crippen molar-refractivity contribution in [1.82, 2.24) is 4.90 Å². The number of benzene rings is 2. The first kappa shape index (κ1) is 23.6. The molecule has 1 saturated carbocycles. The predicted octanol–water partition coefficient (Wildman–Crippen LogP) is 5.31. The van der Waals surface area contributed by atoms with Gasteiger partial charge in [-0.1, -0.05) is 25.0 Å². The summed E-state index contributed by atoms with van der Waals surface area (Å²) in [7, 11) is 1.56. The number of para-hydroxylation sites is 2. The number of hydrogen-bond acceptors (Lipinski definition) is 5. The van der Waals surface area contributed by atoms with Gasteiger partial charge in [-0.15, -0.1) is 0 Å². The summed E-state index contributed by atoms with van der Waals surface area (Å²) >= 11 is 0. The molecule has 1 heterocycles. The molecule has 7 nitrogen and oxygen atoms in total. The van der Waals surface area contributed by atoms with Gasteiger partial charge in [0.2, 0.25) is 5.91 Å². The molecule has 4 rings (SSSR count). The van der Waals surface area contributed by atoms with Crippen LogP contribution in [0.5, 0.6) is 5.75 Å². The standard InChI is InChI=1S/C27H31N3O4/c1-33-25-11-5-4-10-24(25)29-27(32)20-12-14-21(15-13-20)28-26(31)16-17-30(22-7-2-3-8-22)19-23-9-6-18-34-23/h4-6,9-15,18,22H,2-3,7-8,16-17,19H2,1H3,(H,28,31)(H,29,32). The first-order valence-corrected chi connectivity index (χ1v) is 11.7. The Balaban J connectivity index is 1.30. The third-order valence-electron chi connectivity index (χ3n) is 6.19. The molecule has 2 amide bonds. The zero-order chi connectivity index (χ0) is 23.8. The zero-order valence-electron chi connectivity index (χ0n) is 19.5. The second-order valence-corrected chi connectivity index (χ2v) is 8.52. The maximum absolute atomic E-state index is 12.6. The van der Waals surface area contributed by atoms with Crippen molar-refractivity contribution in [2.75, 3.05) is 24.3 Å². The number of ether oxygens (including phenoxy) is 1. The van der Waals surface area contributed by atoms with Crippen molar-refractivity contribution >= 4 is 23.2 Å². The SMILES string of the molecule is COc1ccccc1NC(=O)c1ccc(NC(=O)CCN(Cc2ccco2)C2CCCC2)cc1. The van der Waals surface area contributed by atoms with Crippen LogP contribution in [0, 0.1) is 0 Å². The molecule has 0 saturated heterocycles. The van der Waals surface area contributed by atoms with Crippen LogP contribution in [0.1, 0.15) is 48.2 Å². The summed E-state index contributed by atoms with van der Waals surface area (Å²) in [6, 6.07) is 18.5. The number of anilines is 2. The molecule has 1 fully saturated rings. The molecule has 1 aromatic heterocycles. The number of nitrogens with one attached hydrogen (secondary N) is 2. The molecule has 0 aliphatic heterocycles. The summed E-state index contributed by atoms with van der Waals surface area (Å²) in [5.74, 6) is 1.23. The van der Waals surface area contributed by atoms with E-state index >= 15 is 0 Å². The highest BCUT2D eigenvalue weighted by atomic mass is 16.5. The Hall–Kier alpha value is -3.58. The predicted molar refractivity (Wildman–Crippen MR) is 132 cm³/mol. The van der Waals surface area contributed by atoms with Crippen molar-refractivity contribution in [2.24, 2.45) is 0 Å². The third-order valence-corrected chi connectivity index (χ3v) is 6.19. The van der Waals surface area contributed by atoms with Crippen molar-refractivity contribution in [3.63, 3.8) is 0 Å². The van der Waals surface area contributed by atoms with E-state index in [2.05, 4.69) is 15.5 Å². The summed E-state index contributed by atoms with van der Waals surface area (Å²) in [6.45, 7) is 1.40. The van der Waals surface area contributed by atoms with Crippen LogP contribution in [0.3, 0.4) is 0 Å². The molecule has 2 N–H and O–H groups in total. The van der Waals surface area contributed by atoms with Gasteiger partial charge < -0.3 is 19.8 Å². The van der Waals surface area contributed by atoms with E-state index in [1.165, 1.54) is 25.7 Å². The molecule has 0 unspecified atom stereocenters. The van der Waals surface area contributed by atoms with Gasteiger partial charge in [0.15, 0.2) is 0 Å². The van der Waals surface area contributed by atoms with Crippen LogP contribution in [0.4, 0.5) is 11.4 Å². The minimum absolute atomic E-state index is 0.0475. The monoisotopic (exact) mass is 461 g/mol. The molecule has 0 spiro atoms. The highest BCUT2D eigenvalue weighted by molar-refractivity contribution is 6.05. The lowest BCUT2D eigenvalue weighted by Crippen LogP contribution is -2.35. The first-order valence-electron chi connectivity index (χ1n) is 11.7. The summed E-state index contributed by atoms with van der Waals surface area (Å²) in [5.41, 5.74) is 1.76. The van der Waals surface area contributed by atoms with E-state index in [0.717, 1.165) is 12.3 Å². The van der Waals surface area contributed by atoms with Crippen molar-refractivity contribution in [3.05, 3.63) is 78.3 Å². The van der Waals surface area contributed by atoms with Gasteiger partial charge in [-0.05, 0) is 61.4 Å². The Bertz CT molecular complexity index is 1070. The van der Waals surface area contributed by atoms with Gasteiger partial charge >= 0.3 is 0 Å². The largest absolute Gasteiger partial charge is 0.495 e. The Morgan fingerprint density at radius 2 is 1.76 bits per heavy atom. The van der Waals surface area contributed by atoms with Crippen molar-refractivity contribution in [2.45, 2.75) is 44.7 Å². The quantitative estimate of drug-likeness (QED) is 0.427. The van der Waals surface area contributed by atoms with E-state index in [-0.39, 0.29) is 11.8 Å². The average molecular weight is 462 g/mol. The van der Waals surface area contributed by atoms with E-state index in [0.29, 0.717) is 41.7 Å². The maximum atomic E-state index is 12.6. The van der Waals surface area contributed by atoms with E-state index in [9.17, 15) is 9.59 Å². The van der Waals surface area contributed by atoms with E-state index < -0.39 is 0 Å². The van der Waals surface area contributed by atoms with E-state index in [1.807, 2.05) is 24.3 Å². The minimum atomic E-state index is -0.243. The van der Waals surface area contributed by atoms with Crippen LogP contribution in [0.15, 0.2) is 71.3 Å². The topological polar surface area (TPSA) is 83.8 Å². The second-order valence-electron chi connectivity index (χ2n) is 8.52. The molecule has 1 aliphatic rings. The van der Waals surface area contributed by atoms with E-state index in [4.69, 9.17) is 9.15 Å². The lowest BCUT2D eigenvalue weighted by Gasteiger charge is -2.27. The summed E-state index contributed by atoms with van der Waals surface area (Å²) in [6.07, 6.45) is 6.90. The fraction of sp³-hybridized carbons (Fsp3) is 0.333. The average Bonchev–Trinajstić information content (AvgIpc) is 3.57. The van der Waals surface area contributed by atoms with Gasteiger partial charge in [-0.3, -0.25) is 14.5 Å². The van der Waals surface area contributed by atoms with Gasteiger partial charge in [0.1, 0.15) is 11.5 Å². The molecule has 34 heavy (non-hydrogen) atoms. The van der Waals surface area contributed by atoms with Gasteiger partial charge in [-0.2, -0.15) is 0 Å². The van der Waals surface area contributed by atoms with Crippen molar-refractivity contribution in [3.8, 4) is 5.75 Å². The number of nitrogens with zero attached hydrogens (tertiary/aromatic N) is 1. The molecular weight excluding hydrogens is 430 g/mol. The summed E-state index contributed by atoms with van der Waals surface area (Å²) in [5, 5.41) is 5.79. The molecule has 0 bridgehead atoms. The van der Waals surface area contributed by atoms with Gasteiger partial charge in [0.05, 0.1) is 25.6 Å². The zero-order valence-corrected chi connectivity index (χ0v) is 19.5. The van der Waals surface area contributed by atoms with Crippen LogP contribution >= 0.6 is 0 Å². The van der Waals surface area contributed by atoms with Crippen LogP contribution in [0.25, 0.3) is 0 Å². The van der Waals surface area contributed by atoms with Gasteiger partial charge in [0.25, 0.3) is 5.91 Å². The number of methoxy groups -OCH3 is 1. The summed E-state index contributed by atoms with van der Waals surface area (Å²) < 4.78 is 10.8. The fourth-order valence-corrected chi connectivity index (χ4v) is 4.38.